The van der Waals surface area contributed by atoms with Crippen molar-refractivity contribution in [2.24, 2.45) is 0 Å². The van der Waals surface area contributed by atoms with Gasteiger partial charge in [0.05, 0.1) is 36.3 Å². The lowest BCUT2D eigenvalue weighted by atomic mass is 10.1. The van der Waals surface area contributed by atoms with Crippen LogP contribution in [0.4, 0.5) is 0 Å². The summed E-state index contributed by atoms with van der Waals surface area (Å²) >= 11 is 0. The number of nitrogens with zero attached hydrogens (tertiary/aromatic N) is 1. The lowest BCUT2D eigenvalue weighted by Gasteiger charge is -2.34. The molecule has 23 heavy (non-hydrogen) atoms. The van der Waals surface area contributed by atoms with Gasteiger partial charge in [-0.15, -0.1) is 0 Å². The predicted octanol–water partition coefficient (Wildman–Crippen LogP) is 4.56. The van der Waals surface area contributed by atoms with Crippen molar-refractivity contribution in [1.82, 2.24) is 0 Å². The molecule has 0 unspecified atom stereocenters. The van der Waals surface area contributed by atoms with E-state index in [9.17, 15) is 13.0 Å². The summed E-state index contributed by atoms with van der Waals surface area (Å²) in [5, 5.41) is 0. The van der Waals surface area contributed by atoms with Crippen LogP contribution in [0.2, 0.25) is 0 Å². The van der Waals surface area contributed by atoms with Crippen LogP contribution in [0.25, 0.3) is 0 Å². The number of hydrogen-bond donors (Lipinski definition) is 0. The molecule has 5 heteroatoms. The molecule has 0 saturated carbocycles. The summed E-state index contributed by atoms with van der Waals surface area (Å²) in [4.78, 5) is 0. The van der Waals surface area contributed by atoms with Crippen LogP contribution in [-0.4, -0.2) is 49.4 Å². The van der Waals surface area contributed by atoms with Crippen LogP contribution >= 0.6 is 0 Å². The number of rotatable bonds is 13. The highest BCUT2D eigenvalue weighted by atomic mass is 32.2. The van der Waals surface area contributed by atoms with E-state index < -0.39 is 10.1 Å². The molecule has 0 amide bonds. The molecule has 0 bridgehead atoms. The second kappa shape index (κ2) is 15.4. The highest BCUT2D eigenvalue weighted by Crippen LogP contribution is 2.08. The third-order valence-electron chi connectivity index (χ3n) is 4.93. The zero-order chi connectivity index (χ0) is 18.2. The number of unbranched alkanes of at least 4 members (excludes halogenated alkanes) is 7. The molecule has 142 valence electrons. The van der Waals surface area contributed by atoms with Gasteiger partial charge in [0.15, 0.2) is 0 Å². The Hall–Kier alpha value is -0.130. The first-order valence-corrected chi connectivity index (χ1v) is 11.2. The van der Waals surface area contributed by atoms with Crippen LogP contribution < -0.4 is 0 Å². The van der Waals surface area contributed by atoms with E-state index in [4.69, 9.17) is 0 Å². The minimum atomic E-state index is -3.98. The van der Waals surface area contributed by atoms with E-state index in [0.717, 1.165) is 12.8 Å². The maximum atomic E-state index is 10.2. The van der Waals surface area contributed by atoms with Gasteiger partial charge in [0.2, 0.25) is 0 Å². The minimum absolute atomic E-state index is 0.193. The fourth-order valence-corrected chi connectivity index (χ4v) is 3.31. The van der Waals surface area contributed by atoms with E-state index in [1.807, 2.05) is 0 Å². The molecule has 0 aliphatic carbocycles. The maximum absolute atomic E-state index is 10.2. The van der Waals surface area contributed by atoms with Crippen LogP contribution in [0.5, 0.6) is 0 Å². The Morgan fingerprint density at radius 2 is 1.00 bits per heavy atom. The average molecular weight is 352 g/mol. The Bertz CT molecular complexity index is 321. The first kappa shape index (κ1) is 25.1. The van der Waals surface area contributed by atoms with E-state index in [2.05, 4.69) is 34.6 Å². The lowest BCUT2D eigenvalue weighted by Crippen LogP contribution is -2.47. The summed E-state index contributed by atoms with van der Waals surface area (Å²) in [6, 6.07) is 0. The van der Waals surface area contributed by atoms with Crippen molar-refractivity contribution in [1.29, 1.82) is 0 Å². The molecule has 0 aromatic rings. The van der Waals surface area contributed by atoms with E-state index >= 15 is 0 Å². The van der Waals surface area contributed by atoms with Crippen molar-refractivity contribution in [2.75, 3.05) is 31.9 Å². The summed E-state index contributed by atoms with van der Waals surface area (Å²) in [7, 11) is -3.98. The van der Waals surface area contributed by atoms with Gasteiger partial charge < -0.3 is 9.04 Å². The molecule has 0 aliphatic rings. The summed E-state index contributed by atoms with van der Waals surface area (Å²) in [5.41, 5.74) is 0. The Kier molecular flexibility index (Phi) is 16.8. The molecule has 0 spiro atoms. The molecule has 0 radical (unpaired) electrons. The smallest absolute Gasteiger partial charge is 0.0945 e. The molecular formula is C18H41NO3S. The standard InChI is InChI=1S/C10H22O3S.C8H20N/c1-2-3-4-5-6-7-8-9-10-14(11,12)13;1-5-9(6-2,7-3)8-4/h2-10H2,1H3,(H,11,12,13);5-8H2,1-4H3/q;+1/p-1. The summed E-state index contributed by atoms with van der Waals surface area (Å²) in [6.07, 6.45) is 8.66. The quantitative estimate of drug-likeness (QED) is 0.278. The molecular weight excluding hydrogens is 310 g/mol. The van der Waals surface area contributed by atoms with Crippen LogP contribution in [0, 0.1) is 0 Å². The molecule has 4 nitrogen and oxygen atoms in total. The highest BCUT2D eigenvalue weighted by molar-refractivity contribution is 7.85. The predicted molar refractivity (Wildman–Crippen MR) is 99.6 cm³/mol. The van der Waals surface area contributed by atoms with Gasteiger partial charge in [-0.25, -0.2) is 8.42 Å². The van der Waals surface area contributed by atoms with Crippen molar-refractivity contribution < 1.29 is 17.5 Å². The fraction of sp³-hybridized carbons (Fsp3) is 1.00. The molecule has 0 heterocycles. The molecule has 0 aliphatic heterocycles. The third-order valence-corrected chi connectivity index (χ3v) is 5.72. The van der Waals surface area contributed by atoms with Crippen LogP contribution in [0.1, 0.15) is 86.0 Å². The molecule has 0 saturated heterocycles. The zero-order valence-electron chi connectivity index (χ0n) is 16.3. The van der Waals surface area contributed by atoms with E-state index in [-0.39, 0.29) is 5.75 Å². The Balaban J connectivity index is 0. The zero-order valence-corrected chi connectivity index (χ0v) is 17.1. The van der Waals surface area contributed by atoms with Gasteiger partial charge in [-0.1, -0.05) is 51.9 Å². The monoisotopic (exact) mass is 351 g/mol. The summed E-state index contributed by atoms with van der Waals surface area (Å²) in [5.74, 6) is -0.193. The lowest BCUT2D eigenvalue weighted by molar-refractivity contribution is -0.921. The Morgan fingerprint density at radius 3 is 1.26 bits per heavy atom. The Morgan fingerprint density at radius 1 is 0.652 bits per heavy atom. The first-order chi connectivity index (χ1) is 10.8. The van der Waals surface area contributed by atoms with Crippen molar-refractivity contribution in [3.8, 4) is 0 Å². The van der Waals surface area contributed by atoms with Gasteiger partial charge in [-0.3, -0.25) is 0 Å². The molecule has 0 atom stereocenters. The normalized spacial score (nSPS) is 11.9. The first-order valence-electron chi connectivity index (χ1n) is 9.59. The molecule has 0 N–H and O–H groups in total. The summed E-state index contributed by atoms with van der Waals surface area (Å²) < 4.78 is 32.0. The highest BCUT2D eigenvalue weighted by Gasteiger charge is 2.16. The van der Waals surface area contributed by atoms with E-state index in [0.29, 0.717) is 6.42 Å². The minimum Gasteiger partial charge on any atom is -0.748 e. The van der Waals surface area contributed by atoms with Gasteiger partial charge >= 0.3 is 0 Å². The van der Waals surface area contributed by atoms with Crippen molar-refractivity contribution in [3.05, 3.63) is 0 Å². The van der Waals surface area contributed by atoms with Crippen LogP contribution in [0.15, 0.2) is 0 Å². The van der Waals surface area contributed by atoms with Gasteiger partial charge in [-0.05, 0) is 34.1 Å². The second-order valence-corrected chi connectivity index (χ2v) is 7.87. The van der Waals surface area contributed by atoms with Crippen molar-refractivity contribution in [2.45, 2.75) is 86.0 Å². The molecule has 0 aromatic heterocycles. The van der Waals surface area contributed by atoms with Gasteiger partial charge in [0.1, 0.15) is 0 Å². The topological polar surface area (TPSA) is 57.2 Å². The SMILES string of the molecule is CCCCCCCCCCS(=O)(=O)[O-].CC[N+](CC)(CC)CC. The van der Waals surface area contributed by atoms with Crippen molar-refractivity contribution in [3.63, 3.8) is 0 Å². The summed E-state index contributed by atoms with van der Waals surface area (Å²) in [6.45, 7) is 16.4. The second-order valence-electron chi connectivity index (χ2n) is 6.34. The molecule has 0 rings (SSSR count). The largest absolute Gasteiger partial charge is 0.748 e. The van der Waals surface area contributed by atoms with E-state index in [1.54, 1.807) is 0 Å². The number of hydrogen-bond acceptors (Lipinski definition) is 3. The number of quaternary nitrogens is 1. The maximum Gasteiger partial charge on any atom is 0.0945 e. The van der Waals surface area contributed by atoms with Crippen LogP contribution in [0.3, 0.4) is 0 Å². The average Bonchev–Trinajstić information content (AvgIpc) is 2.52. The van der Waals surface area contributed by atoms with Gasteiger partial charge in [-0.2, -0.15) is 0 Å². The van der Waals surface area contributed by atoms with Gasteiger partial charge in [0, 0.05) is 5.75 Å². The fourth-order valence-electron chi connectivity index (χ4n) is 2.75. The third kappa shape index (κ3) is 16.5. The van der Waals surface area contributed by atoms with Crippen LogP contribution in [-0.2, 0) is 10.1 Å². The van der Waals surface area contributed by atoms with Crippen molar-refractivity contribution >= 4 is 10.1 Å². The Labute approximate surface area is 146 Å². The van der Waals surface area contributed by atoms with E-state index in [1.165, 1.54) is 62.8 Å². The molecule has 0 fully saturated rings. The molecule has 0 aromatic carbocycles. The van der Waals surface area contributed by atoms with Gasteiger partial charge in [0.25, 0.3) is 0 Å².